The van der Waals surface area contributed by atoms with Gasteiger partial charge in [0.25, 0.3) is 0 Å². The number of hydrogen-bond donors (Lipinski definition) is 1. The van der Waals surface area contributed by atoms with Crippen molar-refractivity contribution in [3.63, 3.8) is 0 Å². The summed E-state index contributed by atoms with van der Waals surface area (Å²) in [4.78, 5) is 19.0. The number of nitrogens with zero attached hydrogens (tertiary/aromatic N) is 2. The first-order valence-electron chi connectivity index (χ1n) is 5.35. The molecule has 0 atom stereocenters. The molecule has 1 aromatic heterocycles. The fourth-order valence-corrected chi connectivity index (χ4v) is 2.01. The Bertz CT molecular complexity index is 306. The van der Waals surface area contributed by atoms with Crippen molar-refractivity contribution in [2.45, 2.75) is 30.8 Å². The second-order valence-electron chi connectivity index (χ2n) is 3.39. The minimum Gasteiger partial charge on any atom is -0.389 e. The van der Waals surface area contributed by atoms with Gasteiger partial charge >= 0.3 is 0 Å². The molecule has 16 heavy (non-hydrogen) atoms. The molecular formula is C11H16N2O2S. The molecule has 0 radical (unpaired) electrons. The van der Waals surface area contributed by atoms with Crippen LogP contribution in [0.5, 0.6) is 0 Å². The molecule has 0 aliphatic carbocycles. The number of Topliss-reactive ketones (excluding diaryl/α,β-unsaturated/α-hetero) is 1. The molecule has 0 saturated heterocycles. The second kappa shape index (κ2) is 8.24. The number of unbranched alkanes of at least 4 members (excludes halogenated alkanes) is 2. The van der Waals surface area contributed by atoms with Crippen molar-refractivity contribution >= 4 is 17.5 Å². The summed E-state index contributed by atoms with van der Waals surface area (Å²) in [5.41, 5.74) is 0. The molecule has 1 aromatic rings. The Balaban J connectivity index is 1.98. The van der Waals surface area contributed by atoms with Crippen molar-refractivity contribution in [2.24, 2.45) is 0 Å². The van der Waals surface area contributed by atoms with Crippen molar-refractivity contribution in [2.75, 3.05) is 12.4 Å². The van der Waals surface area contributed by atoms with Gasteiger partial charge in [-0.25, -0.2) is 9.97 Å². The zero-order valence-corrected chi connectivity index (χ0v) is 9.95. The Labute approximate surface area is 99.5 Å². The number of carbonyl (C=O) groups excluding carboxylic acids is 1. The van der Waals surface area contributed by atoms with E-state index in [1.165, 1.54) is 0 Å². The number of thioether (sulfide) groups is 1. The van der Waals surface area contributed by atoms with Crippen LogP contribution in [-0.2, 0) is 4.79 Å². The monoisotopic (exact) mass is 240 g/mol. The largest absolute Gasteiger partial charge is 0.389 e. The number of ketones is 1. The highest BCUT2D eigenvalue weighted by molar-refractivity contribution is 7.99. The third-order valence-electron chi connectivity index (χ3n) is 2.05. The maximum absolute atomic E-state index is 10.8. The Hall–Kier alpha value is -0.940. The van der Waals surface area contributed by atoms with Crippen LogP contribution in [0.1, 0.15) is 25.7 Å². The highest BCUT2D eigenvalue weighted by Gasteiger charge is 1.99. The molecule has 0 aliphatic heterocycles. The number of hydrogen-bond acceptors (Lipinski definition) is 5. The Morgan fingerprint density at radius 3 is 2.69 bits per heavy atom. The molecule has 1 N–H and O–H groups in total. The second-order valence-corrected chi connectivity index (χ2v) is 4.45. The van der Waals surface area contributed by atoms with Crippen LogP contribution in [0.3, 0.4) is 0 Å². The van der Waals surface area contributed by atoms with Gasteiger partial charge in [0.05, 0.1) is 0 Å². The first-order chi connectivity index (χ1) is 7.83. The van der Waals surface area contributed by atoms with Crippen LogP contribution in [0.25, 0.3) is 0 Å². The van der Waals surface area contributed by atoms with Crippen LogP contribution >= 0.6 is 11.8 Å². The maximum atomic E-state index is 10.8. The molecule has 0 aromatic carbocycles. The van der Waals surface area contributed by atoms with Crippen LogP contribution in [0.15, 0.2) is 23.6 Å². The van der Waals surface area contributed by atoms with E-state index in [2.05, 4.69) is 9.97 Å². The van der Waals surface area contributed by atoms with Gasteiger partial charge in [-0.15, -0.1) is 0 Å². The zero-order chi connectivity index (χ0) is 11.6. The number of aliphatic hydroxyl groups excluding tert-OH is 1. The van der Waals surface area contributed by atoms with E-state index in [1.54, 1.807) is 30.2 Å². The topological polar surface area (TPSA) is 63.1 Å². The molecule has 88 valence electrons. The van der Waals surface area contributed by atoms with Crippen LogP contribution in [0.4, 0.5) is 0 Å². The molecule has 0 unspecified atom stereocenters. The highest BCUT2D eigenvalue weighted by atomic mass is 32.2. The molecule has 0 spiro atoms. The molecule has 0 aliphatic rings. The summed E-state index contributed by atoms with van der Waals surface area (Å²) >= 11 is 1.63. The third kappa shape index (κ3) is 5.82. The van der Waals surface area contributed by atoms with E-state index in [0.717, 1.165) is 30.2 Å². The van der Waals surface area contributed by atoms with Crippen LogP contribution in [-0.4, -0.2) is 33.2 Å². The lowest BCUT2D eigenvalue weighted by molar-refractivity contribution is -0.121. The lowest BCUT2D eigenvalue weighted by atomic mass is 10.1. The lowest BCUT2D eigenvalue weighted by Crippen LogP contribution is -2.02. The summed E-state index contributed by atoms with van der Waals surface area (Å²) in [5.74, 6) is 0.899. The van der Waals surface area contributed by atoms with Crippen molar-refractivity contribution < 1.29 is 9.90 Å². The summed E-state index contributed by atoms with van der Waals surface area (Å²) in [5, 5.41) is 9.32. The van der Waals surface area contributed by atoms with Gasteiger partial charge in [0.1, 0.15) is 6.61 Å². The summed E-state index contributed by atoms with van der Waals surface area (Å²) < 4.78 is 0. The predicted octanol–water partition coefficient (Wildman–Crippen LogP) is 1.69. The van der Waals surface area contributed by atoms with E-state index in [9.17, 15) is 4.79 Å². The molecular weight excluding hydrogens is 224 g/mol. The molecule has 1 rings (SSSR count). The smallest absolute Gasteiger partial charge is 0.187 e. The summed E-state index contributed by atoms with van der Waals surface area (Å²) in [7, 11) is 0. The fourth-order valence-electron chi connectivity index (χ4n) is 1.20. The number of rotatable bonds is 8. The van der Waals surface area contributed by atoms with E-state index in [-0.39, 0.29) is 12.4 Å². The van der Waals surface area contributed by atoms with Crippen LogP contribution in [0.2, 0.25) is 0 Å². The summed E-state index contributed by atoms with van der Waals surface area (Å²) in [6, 6.07) is 1.80. The van der Waals surface area contributed by atoms with Crippen LogP contribution in [0, 0.1) is 0 Å². The number of aromatic nitrogens is 2. The SMILES string of the molecule is O=C(CO)CCCCCSc1ncccn1. The van der Waals surface area contributed by atoms with Gasteiger partial charge in [0.2, 0.25) is 0 Å². The molecule has 0 saturated carbocycles. The van der Waals surface area contributed by atoms with Gasteiger partial charge < -0.3 is 5.11 Å². The van der Waals surface area contributed by atoms with Crippen molar-refractivity contribution in [3.05, 3.63) is 18.5 Å². The Morgan fingerprint density at radius 1 is 1.25 bits per heavy atom. The fraction of sp³-hybridized carbons (Fsp3) is 0.545. The first kappa shape index (κ1) is 13.1. The van der Waals surface area contributed by atoms with Crippen molar-refractivity contribution in [1.82, 2.24) is 9.97 Å². The first-order valence-corrected chi connectivity index (χ1v) is 6.34. The van der Waals surface area contributed by atoms with Gasteiger partial charge in [-0.05, 0) is 18.9 Å². The standard InChI is InChI=1S/C11H16N2O2S/c14-9-10(15)5-2-1-3-8-16-11-12-6-4-7-13-11/h4,6-7,14H,1-3,5,8-9H2. The highest BCUT2D eigenvalue weighted by Crippen LogP contribution is 2.14. The molecule has 0 bridgehead atoms. The minimum absolute atomic E-state index is 0.0703. The van der Waals surface area contributed by atoms with Gasteiger partial charge in [0.15, 0.2) is 10.9 Å². The lowest BCUT2D eigenvalue weighted by Gasteiger charge is -2.00. The summed E-state index contributed by atoms with van der Waals surface area (Å²) in [6.45, 7) is -0.327. The Kier molecular flexibility index (Phi) is 6.76. The van der Waals surface area contributed by atoms with Gasteiger partial charge in [-0.3, -0.25) is 4.79 Å². The van der Waals surface area contributed by atoms with E-state index >= 15 is 0 Å². The average Bonchev–Trinajstić information content (AvgIpc) is 2.34. The van der Waals surface area contributed by atoms with Crippen LogP contribution < -0.4 is 0 Å². The zero-order valence-electron chi connectivity index (χ0n) is 9.13. The Morgan fingerprint density at radius 2 is 2.00 bits per heavy atom. The average molecular weight is 240 g/mol. The van der Waals surface area contributed by atoms with Crippen molar-refractivity contribution in [3.8, 4) is 0 Å². The molecule has 4 nitrogen and oxygen atoms in total. The van der Waals surface area contributed by atoms with E-state index in [4.69, 9.17) is 5.11 Å². The predicted molar refractivity (Wildman–Crippen MR) is 63.3 cm³/mol. The van der Waals surface area contributed by atoms with E-state index in [0.29, 0.717) is 6.42 Å². The van der Waals surface area contributed by atoms with E-state index in [1.807, 2.05) is 0 Å². The molecule has 5 heteroatoms. The van der Waals surface area contributed by atoms with Gasteiger partial charge in [-0.1, -0.05) is 18.2 Å². The number of aliphatic hydroxyl groups is 1. The molecule has 0 fully saturated rings. The van der Waals surface area contributed by atoms with Gasteiger partial charge in [-0.2, -0.15) is 0 Å². The molecule has 1 heterocycles. The summed E-state index contributed by atoms with van der Waals surface area (Å²) in [6.07, 6.45) is 6.86. The van der Waals surface area contributed by atoms with E-state index < -0.39 is 0 Å². The van der Waals surface area contributed by atoms with Gasteiger partial charge in [0, 0.05) is 24.6 Å². The normalized spacial score (nSPS) is 10.3. The molecule has 0 amide bonds. The third-order valence-corrected chi connectivity index (χ3v) is 3.01. The van der Waals surface area contributed by atoms with Crippen molar-refractivity contribution in [1.29, 1.82) is 0 Å². The number of carbonyl (C=O) groups is 1. The minimum atomic E-state index is -0.327. The maximum Gasteiger partial charge on any atom is 0.187 e. The quantitative estimate of drug-likeness (QED) is 0.425.